The van der Waals surface area contributed by atoms with Crippen LogP contribution in [0.25, 0.3) is 0 Å². The van der Waals surface area contributed by atoms with Gasteiger partial charge < -0.3 is 14.2 Å². The van der Waals surface area contributed by atoms with Gasteiger partial charge in [0.05, 0.1) is 25.7 Å². The third-order valence-electron chi connectivity index (χ3n) is 4.10. The summed E-state index contributed by atoms with van der Waals surface area (Å²) in [4.78, 5) is 34.7. The number of hydrogen-bond donors (Lipinski definition) is 0. The van der Waals surface area contributed by atoms with Crippen LogP contribution in [0.15, 0.2) is 0 Å². The average Bonchev–Trinajstić information content (AvgIpc) is 2.60. The first-order chi connectivity index (χ1) is 12.5. The van der Waals surface area contributed by atoms with Crippen LogP contribution in [0.2, 0.25) is 0 Å². The topological polar surface area (TPSA) is 78.9 Å². The van der Waals surface area contributed by atoms with Gasteiger partial charge in [0, 0.05) is 12.8 Å². The van der Waals surface area contributed by atoms with Gasteiger partial charge in [0.25, 0.3) is 0 Å². The van der Waals surface area contributed by atoms with Crippen LogP contribution in [0.5, 0.6) is 0 Å². The summed E-state index contributed by atoms with van der Waals surface area (Å²) in [5.41, 5.74) is 0. The molecule has 0 aliphatic rings. The maximum Gasteiger partial charge on any atom is 0.308 e. The zero-order valence-corrected chi connectivity index (χ0v) is 16.7. The highest BCUT2D eigenvalue weighted by molar-refractivity contribution is 5.72. The Morgan fingerprint density at radius 3 is 1.65 bits per heavy atom. The molecule has 0 radical (unpaired) electrons. The van der Waals surface area contributed by atoms with Gasteiger partial charge in [-0.05, 0) is 46.5 Å². The van der Waals surface area contributed by atoms with Crippen molar-refractivity contribution in [3.05, 3.63) is 0 Å². The van der Waals surface area contributed by atoms with Crippen molar-refractivity contribution in [2.45, 2.75) is 85.0 Å². The minimum atomic E-state index is -0.211. The predicted molar refractivity (Wildman–Crippen MR) is 99.6 cm³/mol. The largest absolute Gasteiger partial charge is 0.466 e. The van der Waals surface area contributed by atoms with Crippen LogP contribution >= 0.6 is 0 Å². The molecule has 0 rings (SSSR count). The van der Waals surface area contributed by atoms with Crippen LogP contribution in [-0.4, -0.2) is 37.7 Å². The molecule has 0 bridgehead atoms. The van der Waals surface area contributed by atoms with Crippen LogP contribution in [0.4, 0.5) is 0 Å². The van der Waals surface area contributed by atoms with E-state index in [0.717, 1.165) is 38.5 Å². The SMILES string of the molecule is CCOC(=O)CCCCCCCC(CCCC(=O)OCC)C(=O)OCC. The van der Waals surface area contributed by atoms with Crippen molar-refractivity contribution in [1.29, 1.82) is 0 Å². The average molecular weight is 373 g/mol. The molecule has 0 aromatic rings. The molecule has 26 heavy (non-hydrogen) atoms. The molecular formula is C20H36O6. The molecule has 0 N–H and O–H groups in total. The fourth-order valence-corrected chi connectivity index (χ4v) is 2.79. The lowest BCUT2D eigenvalue weighted by atomic mass is 9.95. The van der Waals surface area contributed by atoms with Gasteiger partial charge in [0.15, 0.2) is 0 Å². The van der Waals surface area contributed by atoms with Crippen molar-refractivity contribution in [3.8, 4) is 0 Å². The van der Waals surface area contributed by atoms with E-state index in [-0.39, 0.29) is 23.8 Å². The Morgan fingerprint density at radius 1 is 0.615 bits per heavy atom. The second-order valence-corrected chi connectivity index (χ2v) is 6.26. The van der Waals surface area contributed by atoms with Crippen molar-refractivity contribution in [2.24, 2.45) is 5.92 Å². The molecule has 1 atom stereocenters. The standard InChI is InChI=1S/C20H36O6/c1-4-24-18(21)15-11-9-7-8-10-13-17(20(23)26-6-3)14-12-16-19(22)25-5-2/h17H,4-16H2,1-3H3. The van der Waals surface area contributed by atoms with Crippen molar-refractivity contribution < 1.29 is 28.6 Å². The van der Waals surface area contributed by atoms with Crippen LogP contribution < -0.4 is 0 Å². The van der Waals surface area contributed by atoms with Gasteiger partial charge in [-0.15, -0.1) is 0 Å². The summed E-state index contributed by atoms with van der Waals surface area (Å²) >= 11 is 0. The quantitative estimate of drug-likeness (QED) is 0.230. The summed E-state index contributed by atoms with van der Waals surface area (Å²) < 4.78 is 15.0. The molecule has 0 amide bonds. The van der Waals surface area contributed by atoms with E-state index in [4.69, 9.17) is 14.2 Å². The molecule has 1 unspecified atom stereocenters. The molecule has 0 aromatic carbocycles. The lowest BCUT2D eigenvalue weighted by Crippen LogP contribution is -2.18. The van der Waals surface area contributed by atoms with Gasteiger partial charge in [0.1, 0.15) is 0 Å². The lowest BCUT2D eigenvalue weighted by molar-refractivity contribution is -0.149. The first-order valence-corrected chi connectivity index (χ1v) is 10.0. The minimum Gasteiger partial charge on any atom is -0.466 e. The van der Waals surface area contributed by atoms with E-state index in [0.29, 0.717) is 45.5 Å². The van der Waals surface area contributed by atoms with Gasteiger partial charge in [-0.2, -0.15) is 0 Å². The Hall–Kier alpha value is -1.59. The normalized spacial score (nSPS) is 11.7. The summed E-state index contributed by atoms with van der Waals surface area (Å²) in [5, 5.41) is 0. The van der Waals surface area contributed by atoms with E-state index in [1.165, 1.54) is 0 Å². The molecular weight excluding hydrogens is 336 g/mol. The maximum absolute atomic E-state index is 12.1. The first-order valence-electron chi connectivity index (χ1n) is 10.0. The zero-order chi connectivity index (χ0) is 19.6. The number of carbonyl (C=O) groups excluding carboxylic acids is 3. The number of ether oxygens (including phenoxy) is 3. The lowest BCUT2D eigenvalue weighted by Gasteiger charge is -2.15. The van der Waals surface area contributed by atoms with Crippen LogP contribution in [0, 0.1) is 5.92 Å². The van der Waals surface area contributed by atoms with Crippen molar-refractivity contribution in [2.75, 3.05) is 19.8 Å². The molecule has 0 fully saturated rings. The van der Waals surface area contributed by atoms with Crippen molar-refractivity contribution >= 4 is 17.9 Å². The molecule has 152 valence electrons. The van der Waals surface area contributed by atoms with Crippen LogP contribution in [0.3, 0.4) is 0 Å². The summed E-state index contributed by atoms with van der Waals surface area (Å²) in [6.07, 6.45) is 7.74. The van der Waals surface area contributed by atoms with Gasteiger partial charge in [-0.1, -0.05) is 25.7 Å². The van der Waals surface area contributed by atoms with Crippen molar-refractivity contribution in [1.82, 2.24) is 0 Å². The molecule has 0 saturated heterocycles. The van der Waals surface area contributed by atoms with Crippen LogP contribution in [-0.2, 0) is 28.6 Å². The number of carbonyl (C=O) groups is 3. The van der Waals surface area contributed by atoms with Gasteiger partial charge in [-0.3, -0.25) is 14.4 Å². The molecule has 0 spiro atoms. The predicted octanol–water partition coefficient (Wildman–Crippen LogP) is 4.19. The van der Waals surface area contributed by atoms with E-state index < -0.39 is 0 Å². The number of esters is 3. The maximum atomic E-state index is 12.1. The van der Waals surface area contributed by atoms with Gasteiger partial charge in [-0.25, -0.2) is 0 Å². The Morgan fingerprint density at radius 2 is 1.08 bits per heavy atom. The van der Waals surface area contributed by atoms with E-state index >= 15 is 0 Å². The van der Waals surface area contributed by atoms with E-state index in [2.05, 4.69) is 0 Å². The number of rotatable bonds is 16. The zero-order valence-electron chi connectivity index (χ0n) is 16.7. The highest BCUT2D eigenvalue weighted by atomic mass is 16.5. The fraction of sp³-hybridized carbons (Fsp3) is 0.850. The summed E-state index contributed by atoms with van der Waals surface area (Å²) in [5.74, 6) is -0.657. The Labute approximate surface area is 157 Å². The minimum absolute atomic E-state index is 0.128. The summed E-state index contributed by atoms with van der Waals surface area (Å²) in [6, 6.07) is 0. The smallest absolute Gasteiger partial charge is 0.308 e. The van der Waals surface area contributed by atoms with E-state index in [1.54, 1.807) is 13.8 Å². The van der Waals surface area contributed by atoms with Crippen molar-refractivity contribution in [3.63, 3.8) is 0 Å². The molecule has 0 heterocycles. The van der Waals surface area contributed by atoms with Gasteiger partial charge in [0.2, 0.25) is 0 Å². The number of unbranched alkanes of at least 4 members (excludes halogenated alkanes) is 4. The molecule has 0 saturated carbocycles. The highest BCUT2D eigenvalue weighted by Crippen LogP contribution is 2.20. The molecule has 0 aliphatic carbocycles. The second-order valence-electron chi connectivity index (χ2n) is 6.26. The first kappa shape index (κ1) is 24.4. The van der Waals surface area contributed by atoms with Gasteiger partial charge >= 0.3 is 17.9 Å². The molecule has 6 heteroatoms. The molecule has 0 aromatic heterocycles. The van der Waals surface area contributed by atoms with E-state index in [9.17, 15) is 14.4 Å². The summed E-state index contributed by atoms with van der Waals surface area (Å²) in [7, 11) is 0. The summed E-state index contributed by atoms with van der Waals surface area (Å²) in [6.45, 7) is 6.59. The Balaban J connectivity index is 3.95. The third-order valence-corrected chi connectivity index (χ3v) is 4.10. The molecule has 6 nitrogen and oxygen atoms in total. The fourth-order valence-electron chi connectivity index (χ4n) is 2.79. The van der Waals surface area contributed by atoms with Crippen LogP contribution in [0.1, 0.15) is 85.0 Å². The monoisotopic (exact) mass is 372 g/mol. The highest BCUT2D eigenvalue weighted by Gasteiger charge is 2.19. The Kier molecular flexibility index (Phi) is 15.8. The number of hydrogen-bond acceptors (Lipinski definition) is 6. The molecule has 0 aliphatic heterocycles. The van der Waals surface area contributed by atoms with E-state index in [1.807, 2.05) is 6.92 Å². The Bertz CT molecular complexity index is 394. The second kappa shape index (κ2) is 16.9. The third kappa shape index (κ3) is 13.7.